The van der Waals surface area contributed by atoms with Crippen LogP contribution in [0.25, 0.3) is 111 Å². The zero-order valence-electron chi connectivity index (χ0n) is 31.4. The molecule has 0 bridgehead atoms. The van der Waals surface area contributed by atoms with Crippen LogP contribution in [0.2, 0.25) is 0 Å². The maximum atomic E-state index is 5.57. The van der Waals surface area contributed by atoms with Crippen LogP contribution in [-0.2, 0) is 0 Å². The van der Waals surface area contributed by atoms with E-state index in [0.717, 1.165) is 66.5 Å². The van der Waals surface area contributed by atoms with Gasteiger partial charge in [0, 0.05) is 44.0 Å². The Morgan fingerprint density at radius 1 is 0.259 bits per heavy atom. The molecule has 2 aromatic heterocycles. The van der Waals surface area contributed by atoms with Gasteiger partial charge >= 0.3 is 0 Å². The Morgan fingerprint density at radius 3 is 1.50 bits per heavy atom. The van der Waals surface area contributed by atoms with Crippen LogP contribution in [0.15, 0.2) is 206 Å². The Hall–Kier alpha value is -7.82. The molecule has 0 saturated carbocycles. The van der Waals surface area contributed by atoms with Gasteiger partial charge in [-0.25, -0.2) is 19.9 Å². The maximum absolute atomic E-state index is 5.57. The fourth-order valence-electron chi connectivity index (χ4n) is 8.20. The summed E-state index contributed by atoms with van der Waals surface area (Å²) >= 11 is 0. The Morgan fingerprint density at radius 2 is 0.776 bits per heavy atom. The smallest absolute Gasteiger partial charge is 0.164 e. The summed E-state index contributed by atoms with van der Waals surface area (Å²) in [4.78, 5) is 20.3. The first kappa shape index (κ1) is 33.5. The summed E-state index contributed by atoms with van der Waals surface area (Å²) in [6.07, 6.45) is 0. The van der Waals surface area contributed by atoms with Crippen LogP contribution in [-0.4, -0.2) is 19.9 Å². The molecule has 0 atom stereocenters. The number of benzene rings is 9. The molecule has 4 heteroatoms. The van der Waals surface area contributed by atoms with E-state index in [9.17, 15) is 0 Å². The van der Waals surface area contributed by atoms with Crippen LogP contribution >= 0.6 is 0 Å². The average Bonchev–Trinajstić information content (AvgIpc) is 3.31. The van der Waals surface area contributed by atoms with E-state index in [-0.39, 0.29) is 0 Å². The highest BCUT2D eigenvalue weighted by Gasteiger charge is 2.17. The molecule has 9 aromatic carbocycles. The summed E-state index contributed by atoms with van der Waals surface area (Å²) in [6, 6.07) is 72.4. The van der Waals surface area contributed by atoms with Crippen LogP contribution in [0.4, 0.5) is 0 Å². The Bertz CT molecular complexity index is 3260. The predicted molar refractivity (Wildman–Crippen MR) is 240 cm³/mol. The Balaban J connectivity index is 1.04. The highest BCUT2D eigenvalue weighted by molar-refractivity contribution is 6.24. The molecule has 0 unspecified atom stereocenters. The lowest BCUT2D eigenvalue weighted by Gasteiger charge is -2.16. The molecular weight excluding hydrogens is 705 g/mol. The zero-order valence-corrected chi connectivity index (χ0v) is 31.4. The SMILES string of the molecule is c1ccc(-c2nc(-c3ccccc3)nc(-c3ccc(-c4cccc(-c5nc6c(-c7ccc8ccccc8c7)cccc6c6c5ccc5ccccc56)c4)cc3)n2)cc1. The molecule has 11 rings (SSSR count). The predicted octanol–water partition coefficient (Wildman–Crippen LogP) is 13.9. The highest BCUT2D eigenvalue weighted by atomic mass is 15.0. The lowest BCUT2D eigenvalue weighted by molar-refractivity contribution is 1.07. The molecule has 0 radical (unpaired) electrons. The van der Waals surface area contributed by atoms with Crippen LogP contribution in [0.3, 0.4) is 0 Å². The third-order valence-electron chi connectivity index (χ3n) is 11.1. The van der Waals surface area contributed by atoms with Crippen LogP contribution < -0.4 is 0 Å². The maximum Gasteiger partial charge on any atom is 0.164 e. The van der Waals surface area contributed by atoms with Crippen molar-refractivity contribution < 1.29 is 0 Å². The molecule has 0 aliphatic carbocycles. The fraction of sp³-hybridized carbons (Fsp3) is 0. The number of pyridine rings is 1. The Labute approximate surface area is 335 Å². The van der Waals surface area contributed by atoms with Crippen molar-refractivity contribution in [1.82, 2.24) is 19.9 Å². The van der Waals surface area contributed by atoms with Crippen molar-refractivity contribution in [2.45, 2.75) is 0 Å². The van der Waals surface area contributed by atoms with Crippen molar-refractivity contribution >= 4 is 43.2 Å². The monoisotopic (exact) mass is 738 g/mol. The number of para-hydroxylation sites is 1. The zero-order chi connectivity index (χ0) is 38.4. The van der Waals surface area contributed by atoms with E-state index in [0.29, 0.717) is 17.5 Å². The molecule has 2 heterocycles. The topological polar surface area (TPSA) is 51.6 Å². The number of fused-ring (bicyclic) bond motifs is 6. The second kappa shape index (κ2) is 14.0. The minimum absolute atomic E-state index is 0.634. The summed E-state index contributed by atoms with van der Waals surface area (Å²) in [6.45, 7) is 0. The van der Waals surface area contributed by atoms with E-state index < -0.39 is 0 Å². The second-order valence-electron chi connectivity index (χ2n) is 14.6. The first-order valence-corrected chi connectivity index (χ1v) is 19.6. The molecule has 0 fully saturated rings. The third kappa shape index (κ3) is 5.96. The standard InChI is InChI=1S/C54H34N4/c1-3-15-38(16-4-1)52-56-53(39-17-5-2-6-18-39)58-54(57-52)40-28-25-36(26-29-40)42-20-11-21-44(34-42)50-48-32-31-37-14-9-10-22-45(37)49(48)47-24-12-23-46(51(47)55-50)43-30-27-35-13-7-8-19-41(35)33-43/h1-34H. The van der Waals surface area contributed by atoms with Crippen LogP contribution in [0.5, 0.6) is 0 Å². The lowest BCUT2D eigenvalue weighted by Crippen LogP contribution is -2.00. The molecule has 11 aromatic rings. The van der Waals surface area contributed by atoms with E-state index >= 15 is 0 Å². The number of hydrogen-bond acceptors (Lipinski definition) is 4. The number of rotatable bonds is 6. The van der Waals surface area contributed by atoms with Gasteiger partial charge in [-0.1, -0.05) is 194 Å². The molecule has 0 spiro atoms. The molecular formula is C54H34N4. The molecule has 4 nitrogen and oxygen atoms in total. The van der Waals surface area contributed by atoms with Gasteiger partial charge in [0.05, 0.1) is 11.2 Å². The number of hydrogen-bond donors (Lipinski definition) is 0. The third-order valence-corrected chi connectivity index (χ3v) is 11.1. The second-order valence-corrected chi connectivity index (χ2v) is 14.6. The van der Waals surface area contributed by atoms with Crippen molar-refractivity contribution in [2.75, 3.05) is 0 Å². The van der Waals surface area contributed by atoms with Gasteiger partial charge in [-0.2, -0.15) is 0 Å². The molecule has 58 heavy (non-hydrogen) atoms. The van der Waals surface area contributed by atoms with Gasteiger partial charge in [-0.3, -0.25) is 0 Å². The first-order valence-electron chi connectivity index (χ1n) is 19.6. The largest absolute Gasteiger partial charge is 0.246 e. The fourth-order valence-corrected chi connectivity index (χ4v) is 8.20. The molecule has 0 aliphatic rings. The van der Waals surface area contributed by atoms with E-state index in [1.165, 1.54) is 26.9 Å². The van der Waals surface area contributed by atoms with Gasteiger partial charge in [0.25, 0.3) is 0 Å². The molecule has 0 saturated heterocycles. The van der Waals surface area contributed by atoms with E-state index in [1.807, 2.05) is 60.7 Å². The Kier molecular flexibility index (Phi) is 8.11. The van der Waals surface area contributed by atoms with Gasteiger partial charge in [0.15, 0.2) is 17.5 Å². The van der Waals surface area contributed by atoms with Crippen molar-refractivity contribution in [3.05, 3.63) is 206 Å². The average molecular weight is 739 g/mol. The normalized spacial score (nSPS) is 11.4. The summed E-state index contributed by atoms with van der Waals surface area (Å²) in [5, 5.41) is 8.38. The van der Waals surface area contributed by atoms with Gasteiger partial charge in [0.1, 0.15) is 0 Å². The summed E-state index contributed by atoms with van der Waals surface area (Å²) in [7, 11) is 0. The van der Waals surface area contributed by atoms with Crippen LogP contribution in [0, 0.1) is 0 Å². The number of aromatic nitrogens is 4. The van der Waals surface area contributed by atoms with Gasteiger partial charge in [-0.05, 0) is 50.4 Å². The van der Waals surface area contributed by atoms with E-state index in [1.54, 1.807) is 0 Å². The molecule has 0 N–H and O–H groups in total. The number of nitrogens with zero attached hydrogens (tertiary/aromatic N) is 4. The van der Waals surface area contributed by atoms with Crippen molar-refractivity contribution in [3.63, 3.8) is 0 Å². The molecule has 0 aliphatic heterocycles. The van der Waals surface area contributed by atoms with Crippen molar-refractivity contribution in [3.8, 4) is 67.7 Å². The van der Waals surface area contributed by atoms with Gasteiger partial charge < -0.3 is 0 Å². The molecule has 270 valence electrons. The first-order chi connectivity index (χ1) is 28.7. The van der Waals surface area contributed by atoms with Gasteiger partial charge in [-0.15, -0.1) is 0 Å². The molecule has 0 amide bonds. The van der Waals surface area contributed by atoms with Gasteiger partial charge in [0.2, 0.25) is 0 Å². The van der Waals surface area contributed by atoms with E-state index in [4.69, 9.17) is 19.9 Å². The summed E-state index contributed by atoms with van der Waals surface area (Å²) in [5.41, 5.74) is 10.3. The minimum Gasteiger partial charge on any atom is -0.246 e. The van der Waals surface area contributed by atoms with Crippen molar-refractivity contribution in [2.24, 2.45) is 0 Å². The quantitative estimate of drug-likeness (QED) is 0.159. The highest BCUT2D eigenvalue weighted by Crippen LogP contribution is 2.41. The van der Waals surface area contributed by atoms with Crippen LogP contribution in [0.1, 0.15) is 0 Å². The minimum atomic E-state index is 0.634. The summed E-state index contributed by atoms with van der Waals surface area (Å²) in [5.74, 6) is 1.93. The van der Waals surface area contributed by atoms with E-state index in [2.05, 4.69) is 146 Å². The summed E-state index contributed by atoms with van der Waals surface area (Å²) < 4.78 is 0. The van der Waals surface area contributed by atoms with Crippen molar-refractivity contribution in [1.29, 1.82) is 0 Å². The lowest BCUT2D eigenvalue weighted by atomic mass is 9.91.